The lowest BCUT2D eigenvalue weighted by molar-refractivity contribution is 0.0952. The normalized spacial score (nSPS) is 11.6. The molecule has 112 valence electrons. The average molecular weight is 362 g/mol. The molecular formula is C15H12BrN3O3. The molecular weight excluding hydrogens is 350 g/mol. The lowest BCUT2D eigenvalue weighted by Crippen LogP contribution is -2.20. The third-order valence-corrected chi connectivity index (χ3v) is 3.22. The monoisotopic (exact) mass is 361 g/mol. The zero-order chi connectivity index (χ0) is 15.9. The molecule has 6 nitrogen and oxygen atoms in total. The third-order valence-electron chi connectivity index (χ3n) is 2.73. The van der Waals surface area contributed by atoms with Crippen molar-refractivity contribution in [2.45, 2.75) is 0 Å². The van der Waals surface area contributed by atoms with Crippen molar-refractivity contribution in [1.82, 2.24) is 5.43 Å². The largest absolute Gasteiger partial charge is 0.507 e. The van der Waals surface area contributed by atoms with Crippen LogP contribution in [0.1, 0.15) is 15.9 Å². The number of hydrazone groups is 1. The summed E-state index contributed by atoms with van der Waals surface area (Å²) in [5.41, 5.74) is 3.33. The quantitative estimate of drug-likeness (QED) is 0.444. The van der Waals surface area contributed by atoms with Gasteiger partial charge in [-0.15, -0.1) is 0 Å². The number of hydrogen-bond acceptors (Lipinski definition) is 5. The number of halogens is 1. The van der Waals surface area contributed by atoms with Gasteiger partial charge in [-0.3, -0.25) is 4.79 Å². The van der Waals surface area contributed by atoms with Crippen molar-refractivity contribution in [2.75, 3.05) is 0 Å². The second-order valence-electron chi connectivity index (χ2n) is 4.21. The van der Waals surface area contributed by atoms with Crippen LogP contribution in [0.2, 0.25) is 0 Å². The van der Waals surface area contributed by atoms with Crippen LogP contribution in [-0.4, -0.2) is 28.1 Å². The van der Waals surface area contributed by atoms with Crippen molar-refractivity contribution in [3.05, 3.63) is 64.1 Å². The molecule has 0 aliphatic heterocycles. The number of aromatic hydroxyl groups is 1. The maximum absolute atomic E-state index is 12.1. The first kappa shape index (κ1) is 15.7. The van der Waals surface area contributed by atoms with Gasteiger partial charge >= 0.3 is 0 Å². The fraction of sp³-hybridized carbons (Fsp3) is 0. The van der Waals surface area contributed by atoms with Crippen LogP contribution in [0.3, 0.4) is 0 Å². The van der Waals surface area contributed by atoms with E-state index in [1.54, 1.807) is 30.3 Å². The summed E-state index contributed by atoms with van der Waals surface area (Å²) in [4.78, 5) is 12.1. The molecule has 2 aromatic carbocycles. The fourth-order valence-corrected chi connectivity index (χ4v) is 2.05. The van der Waals surface area contributed by atoms with Gasteiger partial charge in [0.25, 0.3) is 5.91 Å². The molecule has 2 aromatic rings. The Balaban J connectivity index is 2.24. The van der Waals surface area contributed by atoms with E-state index in [1.807, 2.05) is 6.07 Å². The van der Waals surface area contributed by atoms with E-state index >= 15 is 0 Å². The van der Waals surface area contributed by atoms with E-state index in [1.165, 1.54) is 12.1 Å². The van der Waals surface area contributed by atoms with Gasteiger partial charge in [0.05, 0.1) is 11.8 Å². The lowest BCUT2D eigenvalue weighted by Gasteiger charge is -2.05. The molecule has 0 saturated carbocycles. The van der Waals surface area contributed by atoms with Crippen LogP contribution in [-0.2, 0) is 0 Å². The summed E-state index contributed by atoms with van der Waals surface area (Å²) >= 11 is 3.23. The standard InChI is InChI=1S/C15H12BrN3O3/c16-11-6-7-14(20)12(8-11)15(21)19-18-13(9-17-22)10-4-2-1-3-5-10/h1-9,20,22H,(H,19,21)/b17-9+,18-13-. The number of hydrogen-bond donors (Lipinski definition) is 3. The van der Waals surface area contributed by atoms with E-state index in [2.05, 4.69) is 31.6 Å². The van der Waals surface area contributed by atoms with Gasteiger partial charge in [0.15, 0.2) is 0 Å². The van der Waals surface area contributed by atoms with E-state index in [0.29, 0.717) is 10.0 Å². The van der Waals surface area contributed by atoms with Gasteiger partial charge in [-0.2, -0.15) is 5.10 Å². The Bertz CT molecular complexity index is 730. The zero-order valence-corrected chi connectivity index (χ0v) is 12.9. The van der Waals surface area contributed by atoms with E-state index in [0.717, 1.165) is 6.21 Å². The van der Waals surface area contributed by atoms with Crippen molar-refractivity contribution < 1.29 is 15.1 Å². The number of rotatable bonds is 4. The van der Waals surface area contributed by atoms with Gasteiger partial charge in [0.1, 0.15) is 11.5 Å². The minimum absolute atomic E-state index is 0.0754. The van der Waals surface area contributed by atoms with Crippen molar-refractivity contribution >= 4 is 33.8 Å². The highest BCUT2D eigenvalue weighted by molar-refractivity contribution is 9.10. The molecule has 0 heterocycles. The van der Waals surface area contributed by atoms with E-state index in [9.17, 15) is 9.90 Å². The SMILES string of the molecule is O=C(N/N=C(/C=N/O)c1ccccc1)c1cc(Br)ccc1O. The van der Waals surface area contributed by atoms with Crippen molar-refractivity contribution in [2.24, 2.45) is 10.3 Å². The summed E-state index contributed by atoms with van der Waals surface area (Å²) in [6.07, 6.45) is 1.11. The predicted octanol–water partition coefficient (Wildman–Crippen LogP) is 2.75. The minimum Gasteiger partial charge on any atom is -0.507 e. The fourth-order valence-electron chi connectivity index (χ4n) is 1.69. The van der Waals surface area contributed by atoms with Crippen LogP contribution < -0.4 is 5.43 Å². The molecule has 7 heteroatoms. The number of amides is 1. The Morgan fingerprint density at radius 3 is 2.59 bits per heavy atom. The summed E-state index contributed by atoms with van der Waals surface area (Å²) in [6.45, 7) is 0. The van der Waals surface area contributed by atoms with Gasteiger partial charge in [-0.05, 0) is 18.2 Å². The highest BCUT2D eigenvalue weighted by Gasteiger charge is 2.11. The second-order valence-corrected chi connectivity index (χ2v) is 5.13. The van der Waals surface area contributed by atoms with Crippen LogP contribution in [0.15, 0.2) is 63.3 Å². The molecule has 22 heavy (non-hydrogen) atoms. The smallest absolute Gasteiger partial charge is 0.275 e. The molecule has 0 aromatic heterocycles. The number of phenols is 1. The molecule has 3 N–H and O–H groups in total. The van der Waals surface area contributed by atoms with Gasteiger partial charge < -0.3 is 10.3 Å². The lowest BCUT2D eigenvalue weighted by atomic mass is 10.1. The van der Waals surface area contributed by atoms with Gasteiger partial charge in [0, 0.05) is 10.0 Å². The molecule has 0 unspecified atom stereocenters. The summed E-state index contributed by atoms with van der Waals surface area (Å²) in [5.74, 6) is -0.744. The van der Waals surface area contributed by atoms with E-state index < -0.39 is 5.91 Å². The van der Waals surface area contributed by atoms with Gasteiger partial charge in [-0.1, -0.05) is 51.4 Å². The highest BCUT2D eigenvalue weighted by atomic mass is 79.9. The second kappa shape index (κ2) is 7.37. The molecule has 2 rings (SSSR count). The summed E-state index contributed by atoms with van der Waals surface area (Å²) in [5, 5.41) is 25.2. The first-order valence-corrected chi connectivity index (χ1v) is 7.00. The third kappa shape index (κ3) is 3.92. The number of carbonyl (C=O) groups excluding carboxylic acids is 1. The Morgan fingerprint density at radius 1 is 1.18 bits per heavy atom. The number of benzene rings is 2. The Hall–Kier alpha value is -2.67. The number of oxime groups is 1. The minimum atomic E-state index is -0.585. The van der Waals surface area contributed by atoms with Gasteiger partial charge in [-0.25, -0.2) is 5.43 Å². The summed E-state index contributed by atoms with van der Waals surface area (Å²) in [6, 6.07) is 13.4. The van der Waals surface area contributed by atoms with Crippen molar-refractivity contribution in [3.63, 3.8) is 0 Å². The average Bonchev–Trinajstić information content (AvgIpc) is 2.54. The topological polar surface area (TPSA) is 94.3 Å². The molecule has 0 aliphatic rings. The Kier molecular flexibility index (Phi) is 5.26. The van der Waals surface area contributed by atoms with Crippen molar-refractivity contribution in [1.29, 1.82) is 0 Å². The number of phenolic OH excluding ortho intramolecular Hbond substituents is 1. The number of nitrogens with one attached hydrogen (secondary N) is 1. The van der Waals surface area contributed by atoms with Crippen LogP contribution >= 0.6 is 15.9 Å². The predicted molar refractivity (Wildman–Crippen MR) is 86.5 cm³/mol. The number of nitrogens with zero attached hydrogens (tertiary/aromatic N) is 2. The van der Waals surface area contributed by atoms with Crippen LogP contribution in [0.25, 0.3) is 0 Å². The van der Waals surface area contributed by atoms with Crippen LogP contribution in [0.5, 0.6) is 5.75 Å². The molecule has 0 spiro atoms. The first-order chi connectivity index (χ1) is 10.6. The van der Waals surface area contributed by atoms with E-state index in [-0.39, 0.29) is 17.0 Å². The molecule has 0 bridgehead atoms. The van der Waals surface area contributed by atoms with Gasteiger partial charge in [0.2, 0.25) is 0 Å². The molecule has 0 saturated heterocycles. The highest BCUT2D eigenvalue weighted by Crippen LogP contribution is 2.21. The molecule has 0 atom stereocenters. The van der Waals surface area contributed by atoms with Crippen LogP contribution in [0, 0.1) is 0 Å². The maximum Gasteiger partial charge on any atom is 0.275 e. The Labute approximate surface area is 134 Å². The molecule has 0 fully saturated rings. The zero-order valence-electron chi connectivity index (χ0n) is 11.3. The summed E-state index contributed by atoms with van der Waals surface area (Å²) < 4.78 is 0.652. The molecule has 0 radical (unpaired) electrons. The van der Waals surface area contributed by atoms with E-state index in [4.69, 9.17) is 5.21 Å². The summed E-state index contributed by atoms with van der Waals surface area (Å²) in [7, 11) is 0. The number of carbonyl (C=O) groups is 1. The maximum atomic E-state index is 12.1. The Morgan fingerprint density at radius 2 is 1.91 bits per heavy atom. The first-order valence-electron chi connectivity index (χ1n) is 6.21. The van der Waals surface area contributed by atoms with Crippen molar-refractivity contribution in [3.8, 4) is 5.75 Å². The molecule has 1 amide bonds. The molecule has 0 aliphatic carbocycles. The van der Waals surface area contributed by atoms with Crippen LogP contribution in [0.4, 0.5) is 0 Å².